The molecule has 3 rings (SSSR count). The lowest BCUT2D eigenvalue weighted by Crippen LogP contribution is -2.30. The van der Waals surface area contributed by atoms with Crippen molar-refractivity contribution in [2.24, 2.45) is 0 Å². The maximum Gasteiger partial charge on any atom is 0.167 e. The van der Waals surface area contributed by atoms with Gasteiger partial charge in [-0.15, -0.1) is 0 Å². The topological polar surface area (TPSA) is 119 Å². The van der Waals surface area contributed by atoms with Gasteiger partial charge < -0.3 is 20.7 Å². The van der Waals surface area contributed by atoms with Crippen molar-refractivity contribution in [1.82, 2.24) is 19.5 Å². The number of ether oxygens (including phenoxy) is 1. The predicted molar refractivity (Wildman–Crippen MR) is 86.6 cm³/mol. The highest BCUT2D eigenvalue weighted by molar-refractivity contribution is 14.1. The lowest BCUT2D eigenvalue weighted by atomic mass is 10.1. The minimum Gasteiger partial charge on any atom is -0.387 e. The lowest BCUT2D eigenvalue weighted by molar-refractivity contribution is -0.0244. The summed E-state index contributed by atoms with van der Waals surface area (Å²) in [6.45, 7) is 0. The van der Waals surface area contributed by atoms with Crippen LogP contribution in [0.3, 0.4) is 0 Å². The number of aliphatic hydroxyl groups is 2. The van der Waals surface area contributed by atoms with Crippen molar-refractivity contribution in [2.75, 3.05) is 5.73 Å². The molecule has 9 heteroatoms. The van der Waals surface area contributed by atoms with Gasteiger partial charge in [0.1, 0.15) is 30.2 Å². The van der Waals surface area contributed by atoms with Crippen molar-refractivity contribution in [3.8, 4) is 9.85 Å². The Morgan fingerprint density at radius 3 is 2.91 bits per heavy atom. The van der Waals surface area contributed by atoms with Gasteiger partial charge in [0.25, 0.3) is 0 Å². The van der Waals surface area contributed by atoms with Crippen LogP contribution in [0.5, 0.6) is 0 Å². The van der Waals surface area contributed by atoms with Crippen LogP contribution in [-0.2, 0) is 4.74 Å². The molecule has 0 unspecified atom stereocenters. The first-order chi connectivity index (χ1) is 10.6. The van der Waals surface area contributed by atoms with E-state index < -0.39 is 24.5 Å². The summed E-state index contributed by atoms with van der Waals surface area (Å²) in [5, 5.41) is 20.3. The van der Waals surface area contributed by atoms with Crippen molar-refractivity contribution < 1.29 is 14.9 Å². The number of nitrogens with zero attached hydrogens (tertiary/aromatic N) is 4. The van der Waals surface area contributed by atoms with E-state index in [1.807, 2.05) is 22.6 Å². The van der Waals surface area contributed by atoms with E-state index in [9.17, 15) is 10.2 Å². The molecule has 3 heterocycles. The maximum absolute atomic E-state index is 10.2. The Morgan fingerprint density at radius 1 is 1.32 bits per heavy atom. The number of halogens is 1. The molecule has 0 saturated carbocycles. The average Bonchev–Trinajstić information content (AvgIpc) is 3.05. The Hall–Kier alpha value is -1.74. The van der Waals surface area contributed by atoms with E-state index in [2.05, 4.69) is 24.8 Å². The molecule has 8 nitrogen and oxygen atoms in total. The molecule has 22 heavy (non-hydrogen) atoms. The molecule has 114 valence electrons. The summed E-state index contributed by atoms with van der Waals surface area (Å²) in [5.74, 6) is 2.97. The van der Waals surface area contributed by atoms with Crippen molar-refractivity contribution in [3.63, 3.8) is 0 Å². The molecule has 0 bridgehead atoms. The van der Waals surface area contributed by atoms with Gasteiger partial charge in [0.05, 0.1) is 6.33 Å². The number of hydrogen-bond donors (Lipinski definition) is 3. The van der Waals surface area contributed by atoms with Gasteiger partial charge in [-0.2, -0.15) is 0 Å². The molecule has 2 aromatic heterocycles. The van der Waals surface area contributed by atoms with Gasteiger partial charge in [0.2, 0.25) is 0 Å². The number of fused-ring (bicyclic) bond motifs is 1. The van der Waals surface area contributed by atoms with E-state index in [1.165, 1.54) is 17.2 Å². The number of hydrogen-bond acceptors (Lipinski definition) is 7. The van der Waals surface area contributed by atoms with Gasteiger partial charge in [-0.05, 0) is 16.1 Å². The van der Waals surface area contributed by atoms with Crippen molar-refractivity contribution in [3.05, 3.63) is 24.8 Å². The monoisotopic (exact) mass is 413 g/mol. The summed E-state index contributed by atoms with van der Waals surface area (Å²) in [5.41, 5.74) is 6.58. The summed E-state index contributed by atoms with van der Waals surface area (Å²) in [6, 6.07) is 0. The number of nitrogens with two attached hydrogens (primary N) is 1. The van der Waals surface area contributed by atoms with E-state index in [0.29, 0.717) is 11.2 Å². The van der Waals surface area contributed by atoms with E-state index in [1.54, 1.807) is 12.2 Å². The Kier molecular flexibility index (Phi) is 4.25. The van der Waals surface area contributed by atoms with Crippen LogP contribution in [-0.4, -0.2) is 48.0 Å². The SMILES string of the molecule is Nc1ncnc2c1ncn2[C@@H]1O[C@H](C=CC#CI)[C@@H](O)[C@H]1O. The Bertz CT molecular complexity index is 781. The first-order valence-electron chi connectivity index (χ1n) is 6.36. The number of allylic oxidation sites excluding steroid dienone is 1. The second kappa shape index (κ2) is 6.17. The number of anilines is 1. The number of rotatable bonds is 2. The number of imidazole rings is 1. The van der Waals surface area contributed by atoms with Crippen LogP contribution in [0.1, 0.15) is 6.23 Å². The van der Waals surface area contributed by atoms with Crippen molar-refractivity contribution in [1.29, 1.82) is 0 Å². The highest BCUT2D eigenvalue weighted by atomic mass is 127. The predicted octanol–water partition coefficient (Wildman–Crippen LogP) is -0.0202. The fourth-order valence-corrected chi connectivity index (χ4v) is 2.48. The molecule has 0 aliphatic carbocycles. The fourth-order valence-electron chi connectivity index (χ4n) is 2.31. The van der Waals surface area contributed by atoms with Crippen LogP contribution in [0.25, 0.3) is 11.2 Å². The molecular weight excluding hydrogens is 401 g/mol. The first kappa shape index (κ1) is 15.2. The van der Waals surface area contributed by atoms with Crippen LogP contribution < -0.4 is 5.73 Å². The number of nitrogen functional groups attached to an aromatic ring is 1. The first-order valence-corrected chi connectivity index (χ1v) is 7.43. The standard InChI is InChI=1S/C13H12IN5O3/c14-4-2-1-3-7-9(20)10(21)13(22-7)19-6-18-8-11(15)16-5-17-12(8)19/h1,3,5-7,9-10,13,20-21H,(H2,15,16,17)/t7-,9-,10-,13-/m1/s1. The van der Waals surface area contributed by atoms with Crippen LogP contribution in [0.15, 0.2) is 24.8 Å². The van der Waals surface area contributed by atoms with Gasteiger partial charge in [-0.3, -0.25) is 4.57 Å². The zero-order chi connectivity index (χ0) is 15.7. The zero-order valence-electron chi connectivity index (χ0n) is 11.2. The molecule has 1 aliphatic rings. The highest BCUT2D eigenvalue weighted by Gasteiger charge is 2.43. The Labute approximate surface area is 139 Å². The van der Waals surface area contributed by atoms with Gasteiger partial charge in [-0.25, -0.2) is 15.0 Å². The average molecular weight is 413 g/mol. The van der Waals surface area contributed by atoms with Crippen LogP contribution in [0.4, 0.5) is 5.82 Å². The summed E-state index contributed by atoms with van der Waals surface area (Å²) in [4.78, 5) is 12.1. The fraction of sp³-hybridized carbons (Fsp3) is 0.308. The molecule has 0 aromatic carbocycles. The third kappa shape index (κ3) is 2.54. The summed E-state index contributed by atoms with van der Waals surface area (Å²) in [6.07, 6.45) is 2.23. The Morgan fingerprint density at radius 2 is 2.14 bits per heavy atom. The molecule has 0 amide bonds. The minimum absolute atomic E-state index is 0.241. The molecule has 0 radical (unpaired) electrons. The third-order valence-electron chi connectivity index (χ3n) is 3.36. The summed E-state index contributed by atoms with van der Waals surface area (Å²) in [7, 11) is 0. The van der Waals surface area contributed by atoms with Crippen molar-refractivity contribution in [2.45, 2.75) is 24.5 Å². The largest absolute Gasteiger partial charge is 0.387 e. The quantitative estimate of drug-likeness (QED) is 0.468. The molecule has 1 saturated heterocycles. The normalized spacial score (nSPS) is 28.1. The van der Waals surface area contributed by atoms with E-state index in [0.717, 1.165) is 0 Å². The Balaban J connectivity index is 1.93. The molecule has 4 atom stereocenters. The second-order valence-corrected chi connectivity index (χ2v) is 5.19. The van der Waals surface area contributed by atoms with E-state index in [4.69, 9.17) is 10.5 Å². The number of aromatic nitrogens is 4. The minimum atomic E-state index is -1.13. The summed E-state index contributed by atoms with van der Waals surface area (Å²) >= 11 is 1.90. The van der Waals surface area contributed by atoms with Crippen LogP contribution in [0, 0.1) is 9.85 Å². The van der Waals surface area contributed by atoms with E-state index >= 15 is 0 Å². The van der Waals surface area contributed by atoms with E-state index in [-0.39, 0.29) is 5.82 Å². The second-order valence-electron chi connectivity index (χ2n) is 4.65. The zero-order valence-corrected chi connectivity index (χ0v) is 13.3. The smallest absolute Gasteiger partial charge is 0.167 e. The van der Waals surface area contributed by atoms with Crippen LogP contribution in [0.2, 0.25) is 0 Å². The van der Waals surface area contributed by atoms with Crippen molar-refractivity contribution >= 4 is 39.6 Å². The molecule has 1 fully saturated rings. The molecular formula is C13H12IN5O3. The molecule has 1 aliphatic heterocycles. The lowest BCUT2D eigenvalue weighted by Gasteiger charge is -2.16. The van der Waals surface area contributed by atoms with Gasteiger partial charge >= 0.3 is 0 Å². The highest BCUT2D eigenvalue weighted by Crippen LogP contribution is 2.32. The molecule has 4 N–H and O–H groups in total. The van der Waals surface area contributed by atoms with Crippen LogP contribution >= 0.6 is 22.6 Å². The number of aliphatic hydroxyl groups excluding tert-OH is 2. The van der Waals surface area contributed by atoms with Gasteiger partial charge in [0, 0.05) is 22.6 Å². The maximum atomic E-state index is 10.2. The van der Waals surface area contributed by atoms with Gasteiger partial charge in [0.15, 0.2) is 17.7 Å². The summed E-state index contributed by atoms with van der Waals surface area (Å²) < 4.78 is 9.89. The molecule has 0 spiro atoms. The molecule has 2 aromatic rings. The van der Waals surface area contributed by atoms with Gasteiger partial charge in [-0.1, -0.05) is 5.92 Å². The third-order valence-corrected chi connectivity index (χ3v) is 3.67.